The van der Waals surface area contributed by atoms with Crippen molar-refractivity contribution >= 4 is 35.9 Å². The maximum atomic E-state index is 6.05. The van der Waals surface area contributed by atoms with Gasteiger partial charge < -0.3 is 15.5 Å². The molecule has 212 valence electrons. The highest BCUT2D eigenvalue weighted by atomic mass is 32.1. The van der Waals surface area contributed by atoms with Gasteiger partial charge in [0.1, 0.15) is 0 Å². The average molecular weight is 580 g/mol. The Hall–Kier alpha value is -3.04. The van der Waals surface area contributed by atoms with E-state index in [2.05, 4.69) is 158 Å². The number of hydrogen-bond acceptors (Lipinski definition) is 2. The van der Waals surface area contributed by atoms with Crippen molar-refractivity contribution in [3.05, 3.63) is 132 Å². The second kappa shape index (κ2) is 14.2. The molecule has 5 rings (SSSR count). The molecule has 1 fully saturated rings. The summed E-state index contributed by atoms with van der Waals surface area (Å²) in [5, 5.41) is 11.2. The van der Waals surface area contributed by atoms with Crippen LogP contribution in [-0.4, -0.2) is 35.8 Å². The van der Waals surface area contributed by atoms with E-state index in [9.17, 15) is 0 Å². The molecule has 1 aliphatic carbocycles. The maximum Gasteiger partial charge on any atom is 0.167 e. The van der Waals surface area contributed by atoms with Gasteiger partial charge in [-0.05, 0) is 87.3 Å². The molecule has 0 bridgehead atoms. The number of nitrogens with zero attached hydrogens (tertiary/aromatic N) is 1. The molecule has 2 N–H and O–H groups in total. The van der Waals surface area contributed by atoms with Crippen LogP contribution in [0.1, 0.15) is 49.4 Å². The molecule has 5 atom stereocenters. The van der Waals surface area contributed by atoms with Crippen LogP contribution in [0.15, 0.2) is 121 Å². The van der Waals surface area contributed by atoms with Gasteiger partial charge >= 0.3 is 0 Å². The summed E-state index contributed by atoms with van der Waals surface area (Å²) in [6.07, 6.45) is 3.76. The van der Waals surface area contributed by atoms with E-state index in [0.717, 1.165) is 5.11 Å². The van der Waals surface area contributed by atoms with Gasteiger partial charge in [-0.2, -0.15) is 0 Å². The predicted octanol–water partition coefficient (Wildman–Crippen LogP) is 7.18. The molecule has 0 saturated heterocycles. The second-order valence-corrected chi connectivity index (χ2v) is 14.2. The highest BCUT2D eigenvalue weighted by Gasteiger charge is 2.38. The Labute approximate surface area is 253 Å². The van der Waals surface area contributed by atoms with Crippen LogP contribution in [0.4, 0.5) is 0 Å². The zero-order valence-electron chi connectivity index (χ0n) is 24.4. The van der Waals surface area contributed by atoms with Gasteiger partial charge in [-0.25, -0.2) is 0 Å². The first-order valence-electron chi connectivity index (χ1n) is 14.8. The van der Waals surface area contributed by atoms with Gasteiger partial charge in [-0.1, -0.05) is 128 Å². The minimum Gasteiger partial charge on any atom is -0.360 e. The Bertz CT molecular complexity index is 1310. The molecule has 0 aliphatic heterocycles. The Morgan fingerprint density at radius 1 is 0.707 bits per heavy atom. The first kappa shape index (κ1) is 29.5. The fourth-order valence-corrected chi connectivity index (χ4v) is 10.1. The van der Waals surface area contributed by atoms with Gasteiger partial charge in [0.25, 0.3) is 0 Å². The number of rotatable bonds is 10. The van der Waals surface area contributed by atoms with Crippen LogP contribution in [0.25, 0.3) is 0 Å². The summed E-state index contributed by atoms with van der Waals surface area (Å²) in [4.78, 5) is 2.28. The summed E-state index contributed by atoms with van der Waals surface area (Å²) < 4.78 is 0. The molecular formula is C36H42N3PS. The van der Waals surface area contributed by atoms with Crippen molar-refractivity contribution in [1.82, 2.24) is 15.5 Å². The molecule has 41 heavy (non-hydrogen) atoms. The number of likely N-dealkylation sites (N-methyl/N-ethyl adjacent to an activating group) is 1. The molecule has 0 aromatic heterocycles. The fourth-order valence-electron chi connectivity index (χ4n) is 6.52. The van der Waals surface area contributed by atoms with E-state index in [-0.39, 0.29) is 18.1 Å². The summed E-state index contributed by atoms with van der Waals surface area (Å²) in [7, 11) is 3.83. The van der Waals surface area contributed by atoms with E-state index in [1.165, 1.54) is 41.0 Å². The number of thiocarbonyl (C=S) groups is 1. The Morgan fingerprint density at radius 2 is 1.20 bits per heavy atom. The third-order valence-electron chi connectivity index (χ3n) is 8.39. The predicted molar refractivity (Wildman–Crippen MR) is 181 cm³/mol. The van der Waals surface area contributed by atoms with Crippen LogP contribution in [0.3, 0.4) is 0 Å². The smallest absolute Gasteiger partial charge is 0.167 e. The van der Waals surface area contributed by atoms with E-state index in [1.807, 2.05) is 0 Å². The highest BCUT2D eigenvalue weighted by Crippen LogP contribution is 2.51. The monoisotopic (exact) mass is 579 g/mol. The molecule has 0 radical (unpaired) electrons. The van der Waals surface area contributed by atoms with Crippen LogP contribution >= 0.6 is 20.1 Å². The van der Waals surface area contributed by atoms with Gasteiger partial charge in [-0.15, -0.1) is 0 Å². The van der Waals surface area contributed by atoms with Crippen molar-refractivity contribution in [2.45, 2.75) is 50.0 Å². The second-order valence-electron chi connectivity index (χ2n) is 11.3. The van der Waals surface area contributed by atoms with E-state index >= 15 is 0 Å². The van der Waals surface area contributed by atoms with Gasteiger partial charge in [0.05, 0.1) is 12.1 Å². The van der Waals surface area contributed by atoms with Crippen molar-refractivity contribution in [1.29, 1.82) is 0 Å². The first-order chi connectivity index (χ1) is 20.0. The minimum absolute atomic E-state index is 0.00550. The van der Waals surface area contributed by atoms with E-state index < -0.39 is 7.92 Å². The SMILES string of the molecule is C[C@@H](NC(=S)N[C@@H](c1ccccc1)[C@H](c1ccccc1)N(C)C)C1CCCC1P(c1ccccc1)c1ccccc1. The molecule has 0 spiro atoms. The summed E-state index contributed by atoms with van der Waals surface area (Å²) >= 11 is 6.05. The van der Waals surface area contributed by atoms with Gasteiger partial charge in [0.15, 0.2) is 5.11 Å². The van der Waals surface area contributed by atoms with Crippen LogP contribution in [0, 0.1) is 5.92 Å². The fraction of sp³-hybridized carbons (Fsp3) is 0.306. The maximum absolute atomic E-state index is 6.05. The van der Waals surface area contributed by atoms with Gasteiger partial charge in [-0.3, -0.25) is 0 Å². The molecule has 3 nitrogen and oxygen atoms in total. The van der Waals surface area contributed by atoms with E-state index in [1.54, 1.807) is 0 Å². The lowest BCUT2D eigenvalue weighted by atomic mass is 9.92. The van der Waals surface area contributed by atoms with E-state index in [0.29, 0.717) is 11.6 Å². The van der Waals surface area contributed by atoms with Crippen molar-refractivity contribution in [2.75, 3.05) is 14.1 Å². The Morgan fingerprint density at radius 3 is 1.71 bits per heavy atom. The van der Waals surface area contributed by atoms with Crippen LogP contribution in [0.5, 0.6) is 0 Å². The van der Waals surface area contributed by atoms with Crippen LogP contribution in [0.2, 0.25) is 0 Å². The molecule has 0 amide bonds. The molecule has 1 saturated carbocycles. The lowest BCUT2D eigenvalue weighted by Gasteiger charge is -2.37. The normalized spacial score (nSPS) is 19.0. The van der Waals surface area contributed by atoms with Crippen molar-refractivity contribution < 1.29 is 0 Å². The zero-order chi connectivity index (χ0) is 28.6. The Balaban J connectivity index is 1.37. The number of benzene rings is 4. The number of nitrogens with one attached hydrogen (secondary N) is 2. The quantitative estimate of drug-likeness (QED) is 0.154. The zero-order valence-corrected chi connectivity index (χ0v) is 26.1. The van der Waals surface area contributed by atoms with Gasteiger partial charge in [0.2, 0.25) is 0 Å². The first-order valence-corrected chi connectivity index (χ1v) is 16.6. The highest BCUT2D eigenvalue weighted by molar-refractivity contribution is 7.80. The molecule has 2 unspecified atom stereocenters. The largest absolute Gasteiger partial charge is 0.360 e. The Kier molecular flexibility index (Phi) is 10.2. The summed E-state index contributed by atoms with van der Waals surface area (Å²) in [6.45, 7) is 2.33. The van der Waals surface area contributed by atoms with Gasteiger partial charge in [0, 0.05) is 6.04 Å². The lowest BCUT2D eigenvalue weighted by Crippen LogP contribution is -2.48. The van der Waals surface area contributed by atoms with Crippen LogP contribution < -0.4 is 21.2 Å². The number of hydrogen-bond donors (Lipinski definition) is 2. The molecular weight excluding hydrogens is 537 g/mol. The van der Waals surface area contributed by atoms with Crippen molar-refractivity contribution in [2.24, 2.45) is 5.92 Å². The summed E-state index contributed by atoms with van der Waals surface area (Å²) in [5.41, 5.74) is 3.10. The molecule has 4 aromatic rings. The summed E-state index contributed by atoms with van der Waals surface area (Å²) in [6, 6.07) is 44.1. The van der Waals surface area contributed by atoms with E-state index in [4.69, 9.17) is 12.2 Å². The molecule has 5 heteroatoms. The van der Waals surface area contributed by atoms with Crippen LogP contribution in [-0.2, 0) is 0 Å². The van der Waals surface area contributed by atoms with Crippen molar-refractivity contribution in [3.8, 4) is 0 Å². The minimum atomic E-state index is -0.461. The molecule has 1 aliphatic rings. The third-order valence-corrected chi connectivity index (χ3v) is 11.6. The topological polar surface area (TPSA) is 27.3 Å². The lowest BCUT2D eigenvalue weighted by molar-refractivity contribution is 0.246. The van der Waals surface area contributed by atoms with Crippen molar-refractivity contribution in [3.63, 3.8) is 0 Å². The molecule has 0 heterocycles. The molecule has 4 aromatic carbocycles. The standard InChI is InChI=1S/C36H42N3PS/c1-27(32-25-16-26-33(32)40(30-21-12-6-13-22-30)31-23-14-7-15-24-31)37-36(41)38-34(28-17-8-4-9-18-28)35(39(2)3)29-19-10-5-11-20-29/h4-15,17-24,27,32-35H,16,25-26H2,1-3H3,(H2,37,38,41)/t27-,32?,33?,34+,35+/m1/s1. The average Bonchev–Trinajstić information content (AvgIpc) is 3.48. The summed E-state index contributed by atoms with van der Waals surface area (Å²) in [5.74, 6) is 0.551. The third kappa shape index (κ3) is 7.25.